The Kier molecular flexibility index (Phi) is 2.95. The molecule has 1 saturated heterocycles. The second-order valence-electron chi connectivity index (χ2n) is 5.42. The van der Waals surface area contributed by atoms with Crippen LogP contribution in [0.3, 0.4) is 0 Å². The van der Waals surface area contributed by atoms with Gasteiger partial charge in [0.2, 0.25) is 11.8 Å². The highest BCUT2D eigenvalue weighted by Gasteiger charge is 2.59. The number of aliphatic hydroxyl groups is 1. The summed E-state index contributed by atoms with van der Waals surface area (Å²) in [5, 5.41) is 10.6. The van der Waals surface area contributed by atoms with Crippen molar-refractivity contribution in [1.82, 2.24) is 4.90 Å². The number of quaternary nitrogens is 1. The third-order valence-corrected chi connectivity index (χ3v) is 4.45. The number of hydrogen-bond acceptors (Lipinski definition) is 3. The van der Waals surface area contributed by atoms with Crippen molar-refractivity contribution in [2.45, 2.75) is 6.42 Å². The topological polar surface area (TPSA) is 74.2 Å². The van der Waals surface area contributed by atoms with E-state index in [4.69, 9.17) is 5.11 Å². The zero-order valence-electron chi connectivity index (χ0n) is 10.3. The zero-order valence-corrected chi connectivity index (χ0v) is 10.3. The summed E-state index contributed by atoms with van der Waals surface area (Å²) in [5.74, 6) is 0.486. The van der Waals surface area contributed by atoms with Crippen molar-refractivity contribution in [3.05, 3.63) is 12.2 Å². The first-order valence-corrected chi connectivity index (χ1v) is 6.70. The number of nitrogens with two attached hydrogens (primary N) is 1. The molecule has 2 bridgehead atoms. The second-order valence-corrected chi connectivity index (χ2v) is 5.42. The monoisotopic (exact) mass is 251 g/mol. The van der Waals surface area contributed by atoms with Crippen LogP contribution in [0, 0.1) is 23.7 Å². The highest BCUT2D eigenvalue weighted by molar-refractivity contribution is 6.06. The smallest absolute Gasteiger partial charge is 0.233 e. The fourth-order valence-corrected chi connectivity index (χ4v) is 3.64. The number of carbonyl (C=O) groups is 2. The molecule has 5 heteroatoms. The number of fused-ring (bicyclic) bond motifs is 5. The largest absolute Gasteiger partial charge is 0.391 e. The predicted molar refractivity (Wildman–Crippen MR) is 63.2 cm³/mol. The number of likely N-dealkylation sites (tertiary alicyclic amines) is 1. The molecule has 2 fully saturated rings. The number of amides is 2. The summed E-state index contributed by atoms with van der Waals surface area (Å²) in [4.78, 5) is 26.0. The van der Waals surface area contributed by atoms with Crippen molar-refractivity contribution in [2.75, 3.05) is 26.2 Å². The van der Waals surface area contributed by atoms with Crippen molar-refractivity contribution in [2.24, 2.45) is 23.7 Å². The maximum Gasteiger partial charge on any atom is 0.233 e. The van der Waals surface area contributed by atoms with Gasteiger partial charge in [0.05, 0.1) is 38.1 Å². The molecule has 0 spiro atoms. The molecule has 0 aromatic heterocycles. The Morgan fingerprint density at radius 2 is 1.78 bits per heavy atom. The molecule has 4 atom stereocenters. The van der Waals surface area contributed by atoms with Crippen LogP contribution >= 0.6 is 0 Å². The van der Waals surface area contributed by atoms with Gasteiger partial charge in [-0.3, -0.25) is 14.5 Å². The van der Waals surface area contributed by atoms with Crippen LogP contribution in [0.1, 0.15) is 6.42 Å². The second kappa shape index (κ2) is 4.48. The van der Waals surface area contributed by atoms with Crippen LogP contribution in [0.4, 0.5) is 0 Å². The van der Waals surface area contributed by atoms with Crippen molar-refractivity contribution in [3.63, 3.8) is 0 Å². The molecule has 3 rings (SSSR count). The minimum atomic E-state index is -0.0784. The zero-order chi connectivity index (χ0) is 12.7. The fraction of sp³-hybridized carbons (Fsp3) is 0.692. The molecule has 1 heterocycles. The molecule has 0 aromatic rings. The number of rotatable bonds is 5. The van der Waals surface area contributed by atoms with Gasteiger partial charge in [0.1, 0.15) is 0 Å². The molecule has 0 radical (unpaired) electrons. The van der Waals surface area contributed by atoms with Crippen LogP contribution in [-0.2, 0) is 9.59 Å². The van der Waals surface area contributed by atoms with Gasteiger partial charge in [-0.15, -0.1) is 0 Å². The molecule has 98 valence electrons. The molecule has 0 aromatic carbocycles. The van der Waals surface area contributed by atoms with E-state index in [0.717, 1.165) is 6.42 Å². The molecule has 1 aliphatic heterocycles. The standard InChI is InChI=1S/C13H18N2O3/c16-6-4-14-3-5-15-12(17)10-8-1-2-9(7-8)11(10)13(15)18/h1-2,8-11,14,16H,3-7H2/p+1/t8-,9-,10-,11+/m0/s1. The SMILES string of the molecule is O=C1[C@@H]2[C@H](C(=O)N1CC[NH2+]CCO)[C@H]1C=C[C@H]2C1. The van der Waals surface area contributed by atoms with Crippen LogP contribution in [0.2, 0.25) is 0 Å². The van der Waals surface area contributed by atoms with Gasteiger partial charge >= 0.3 is 0 Å². The van der Waals surface area contributed by atoms with E-state index in [1.165, 1.54) is 4.90 Å². The molecule has 3 N–H and O–H groups in total. The van der Waals surface area contributed by atoms with Crippen LogP contribution in [0.15, 0.2) is 12.2 Å². The predicted octanol–water partition coefficient (Wildman–Crippen LogP) is -1.65. The number of nitrogens with zero attached hydrogens (tertiary/aromatic N) is 1. The minimum Gasteiger partial charge on any atom is -0.391 e. The van der Waals surface area contributed by atoms with Gasteiger partial charge in [-0.2, -0.15) is 0 Å². The average molecular weight is 251 g/mol. The van der Waals surface area contributed by atoms with Gasteiger partial charge in [0.15, 0.2) is 0 Å². The minimum absolute atomic E-state index is 0.0271. The van der Waals surface area contributed by atoms with E-state index in [2.05, 4.69) is 12.2 Å². The highest BCUT2D eigenvalue weighted by Crippen LogP contribution is 2.52. The van der Waals surface area contributed by atoms with Crippen LogP contribution in [0.5, 0.6) is 0 Å². The quantitative estimate of drug-likeness (QED) is 0.349. The normalized spacial score (nSPS) is 36.8. The Hall–Kier alpha value is -1.20. The van der Waals surface area contributed by atoms with Crippen molar-refractivity contribution in [3.8, 4) is 0 Å². The lowest BCUT2D eigenvalue weighted by atomic mass is 9.85. The van der Waals surface area contributed by atoms with Crippen LogP contribution < -0.4 is 5.32 Å². The van der Waals surface area contributed by atoms with Gasteiger partial charge in [-0.05, 0) is 18.3 Å². The number of aliphatic hydroxyl groups excluding tert-OH is 1. The van der Waals surface area contributed by atoms with Gasteiger partial charge in [0, 0.05) is 0 Å². The lowest BCUT2D eigenvalue weighted by Gasteiger charge is -2.15. The third kappa shape index (κ3) is 1.61. The summed E-state index contributed by atoms with van der Waals surface area (Å²) in [6.07, 6.45) is 5.20. The number of imide groups is 1. The first kappa shape index (κ1) is 11.9. The summed E-state index contributed by atoms with van der Waals surface area (Å²) in [5.41, 5.74) is 0. The van der Waals surface area contributed by atoms with E-state index >= 15 is 0 Å². The number of allylic oxidation sites excluding steroid dienone is 2. The lowest BCUT2D eigenvalue weighted by molar-refractivity contribution is -0.655. The van der Waals surface area contributed by atoms with Crippen LogP contribution in [-0.4, -0.2) is 48.1 Å². The first-order valence-electron chi connectivity index (χ1n) is 6.70. The Morgan fingerprint density at radius 1 is 1.17 bits per heavy atom. The molecule has 1 saturated carbocycles. The Bertz CT molecular complexity index is 377. The summed E-state index contributed by atoms with van der Waals surface area (Å²) < 4.78 is 0. The van der Waals surface area contributed by atoms with E-state index in [-0.39, 0.29) is 30.3 Å². The highest BCUT2D eigenvalue weighted by atomic mass is 16.3. The van der Waals surface area contributed by atoms with E-state index < -0.39 is 0 Å². The average Bonchev–Trinajstić information content (AvgIpc) is 3.02. The van der Waals surface area contributed by atoms with Crippen molar-refractivity contribution >= 4 is 11.8 Å². The third-order valence-electron chi connectivity index (χ3n) is 4.45. The Balaban J connectivity index is 1.65. The molecule has 5 nitrogen and oxygen atoms in total. The Labute approximate surface area is 106 Å². The maximum absolute atomic E-state index is 12.3. The summed E-state index contributed by atoms with van der Waals surface area (Å²) in [6, 6.07) is 0. The molecule has 2 aliphatic carbocycles. The first-order chi connectivity index (χ1) is 8.74. The Morgan fingerprint density at radius 3 is 2.33 bits per heavy atom. The van der Waals surface area contributed by atoms with Gasteiger partial charge in [0.25, 0.3) is 0 Å². The van der Waals surface area contributed by atoms with Crippen molar-refractivity contribution in [1.29, 1.82) is 0 Å². The molecule has 18 heavy (non-hydrogen) atoms. The molecular weight excluding hydrogens is 232 g/mol. The molecule has 0 unspecified atom stereocenters. The van der Waals surface area contributed by atoms with E-state index in [9.17, 15) is 9.59 Å². The summed E-state index contributed by atoms with van der Waals surface area (Å²) in [6.45, 7) is 1.90. The molecular formula is C13H19N2O3+. The molecule has 3 aliphatic rings. The lowest BCUT2D eigenvalue weighted by Crippen LogP contribution is -2.86. The summed E-state index contributed by atoms with van der Waals surface area (Å²) in [7, 11) is 0. The van der Waals surface area contributed by atoms with E-state index in [1.807, 2.05) is 5.32 Å². The van der Waals surface area contributed by atoms with Gasteiger partial charge in [-0.25, -0.2) is 0 Å². The van der Waals surface area contributed by atoms with Crippen molar-refractivity contribution < 1.29 is 20.0 Å². The van der Waals surface area contributed by atoms with E-state index in [0.29, 0.717) is 31.5 Å². The van der Waals surface area contributed by atoms with Crippen LogP contribution in [0.25, 0.3) is 0 Å². The number of hydrogen-bond donors (Lipinski definition) is 2. The van der Waals surface area contributed by atoms with Gasteiger partial charge in [-0.1, -0.05) is 12.2 Å². The number of carbonyl (C=O) groups excluding carboxylic acids is 2. The van der Waals surface area contributed by atoms with E-state index in [1.54, 1.807) is 0 Å². The fourth-order valence-electron chi connectivity index (χ4n) is 3.64. The molecule has 2 amide bonds. The maximum atomic E-state index is 12.3. The summed E-state index contributed by atoms with van der Waals surface area (Å²) >= 11 is 0. The van der Waals surface area contributed by atoms with Gasteiger partial charge < -0.3 is 10.4 Å².